The van der Waals surface area contributed by atoms with E-state index in [1.165, 1.54) is 6.07 Å². The molecular formula is C9H12FNaO5S2. The Balaban J connectivity index is 0. The molecule has 0 aromatic heterocycles. The molecule has 0 aliphatic rings. The van der Waals surface area contributed by atoms with E-state index in [9.17, 15) is 12.8 Å². The molecule has 1 unspecified atom stereocenters. The van der Waals surface area contributed by atoms with Crippen molar-refractivity contribution in [3.63, 3.8) is 0 Å². The van der Waals surface area contributed by atoms with E-state index in [4.69, 9.17) is 13.9 Å². The molecule has 0 aliphatic heterocycles. The molecule has 0 saturated heterocycles. The van der Waals surface area contributed by atoms with Crippen LogP contribution in [0.1, 0.15) is 5.56 Å². The van der Waals surface area contributed by atoms with E-state index in [1.54, 1.807) is 0 Å². The SMILES string of the molecule is CS(=O)(=O)c1cc(F)cc(CO)c1.CS(=O)[O-].[Na+]. The van der Waals surface area contributed by atoms with Crippen molar-refractivity contribution < 1.29 is 56.2 Å². The summed E-state index contributed by atoms with van der Waals surface area (Å²) in [5.41, 5.74) is 0.250. The Morgan fingerprint density at radius 1 is 1.39 bits per heavy atom. The van der Waals surface area contributed by atoms with E-state index in [0.29, 0.717) is 0 Å². The second kappa shape index (κ2) is 9.13. The molecule has 0 aliphatic carbocycles. The molecule has 1 aromatic rings. The Morgan fingerprint density at radius 3 is 2.17 bits per heavy atom. The first-order valence-electron chi connectivity index (χ1n) is 4.28. The zero-order valence-electron chi connectivity index (χ0n) is 10.2. The van der Waals surface area contributed by atoms with E-state index in [0.717, 1.165) is 24.6 Å². The van der Waals surface area contributed by atoms with Crippen molar-refractivity contribution in [2.24, 2.45) is 0 Å². The van der Waals surface area contributed by atoms with Crippen LogP contribution < -0.4 is 29.6 Å². The normalized spacial score (nSPS) is 11.8. The average Bonchev–Trinajstić information content (AvgIpc) is 2.14. The van der Waals surface area contributed by atoms with Crippen LogP contribution in [0.2, 0.25) is 0 Å². The van der Waals surface area contributed by atoms with Crippen molar-refractivity contribution in [3.8, 4) is 0 Å². The summed E-state index contributed by atoms with van der Waals surface area (Å²) >= 11 is -1.86. The van der Waals surface area contributed by atoms with E-state index in [-0.39, 0.29) is 46.6 Å². The standard InChI is InChI=1S/C8H9FO3S.CH4O2S.Na/c1-13(11,12)8-3-6(5-10)2-7(9)4-8;1-4(2)3;/h2-4,10H,5H2,1H3;1H3,(H,2,3);/q;;+1/p-1. The van der Waals surface area contributed by atoms with Crippen molar-refractivity contribution in [2.75, 3.05) is 12.5 Å². The molecule has 98 valence electrons. The van der Waals surface area contributed by atoms with Crippen LogP contribution in [0.3, 0.4) is 0 Å². The summed E-state index contributed by atoms with van der Waals surface area (Å²) in [6.07, 6.45) is 2.07. The molecule has 0 saturated carbocycles. The maximum atomic E-state index is 12.8. The van der Waals surface area contributed by atoms with E-state index in [2.05, 4.69) is 0 Å². The first-order valence-corrected chi connectivity index (χ1v) is 7.65. The predicted molar refractivity (Wildman–Crippen MR) is 60.3 cm³/mol. The van der Waals surface area contributed by atoms with Crippen molar-refractivity contribution in [3.05, 3.63) is 29.6 Å². The second-order valence-corrected chi connectivity index (χ2v) is 5.95. The van der Waals surface area contributed by atoms with Crippen molar-refractivity contribution in [1.29, 1.82) is 0 Å². The third-order valence-electron chi connectivity index (χ3n) is 1.54. The monoisotopic (exact) mass is 306 g/mol. The Bertz CT molecular complexity index is 500. The molecule has 1 rings (SSSR count). The molecule has 9 heteroatoms. The van der Waals surface area contributed by atoms with Gasteiger partial charge in [-0.05, 0) is 30.0 Å². The van der Waals surface area contributed by atoms with Gasteiger partial charge in [-0.25, -0.2) is 12.8 Å². The first kappa shape index (κ1) is 20.5. The number of rotatable bonds is 2. The summed E-state index contributed by atoms with van der Waals surface area (Å²) in [4.78, 5) is -0.114. The minimum absolute atomic E-state index is 0. The topological polar surface area (TPSA) is 94.5 Å². The van der Waals surface area contributed by atoms with Crippen LogP contribution in [-0.2, 0) is 27.5 Å². The third kappa shape index (κ3) is 9.15. The first-order chi connectivity index (χ1) is 7.66. The predicted octanol–water partition coefficient (Wildman–Crippen LogP) is -2.78. The minimum Gasteiger partial charge on any atom is -0.773 e. The molecular weight excluding hydrogens is 294 g/mol. The fourth-order valence-electron chi connectivity index (χ4n) is 0.926. The van der Waals surface area contributed by atoms with Gasteiger partial charge in [-0.2, -0.15) is 0 Å². The number of hydrogen-bond acceptors (Lipinski definition) is 5. The molecule has 5 nitrogen and oxygen atoms in total. The molecule has 18 heavy (non-hydrogen) atoms. The summed E-state index contributed by atoms with van der Waals surface area (Å²) in [6, 6.07) is 3.27. The Hall–Kier alpha value is 0.170. The molecule has 1 atom stereocenters. The molecule has 0 spiro atoms. The largest absolute Gasteiger partial charge is 1.00 e. The van der Waals surface area contributed by atoms with Gasteiger partial charge in [-0.3, -0.25) is 4.21 Å². The van der Waals surface area contributed by atoms with Crippen molar-refractivity contribution >= 4 is 20.9 Å². The van der Waals surface area contributed by atoms with Gasteiger partial charge in [0.2, 0.25) is 0 Å². The van der Waals surface area contributed by atoms with E-state index >= 15 is 0 Å². The van der Waals surface area contributed by atoms with Gasteiger partial charge in [-0.15, -0.1) is 0 Å². The van der Waals surface area contributed by atoms with Gasteiger partial charge in [0.15, 0.2) is 9.84 Å². The van der Waals surface area contributed by atoms with Gasteiger partial charge >= 0.3 is 29.6 Å². The molecule has 0 amide bonds. The van der Waals surface area contributed by atoms with Crippen LogP contribution in [0.15, 0.2) is 23.1 Å². The van der Waals surface area contributed by atoms with Gasteiger partial charge in [-0.1, -0.05) is 11.1 Å². The minimum atomic E-state index is -3.41. The summed E-state index contributed by atoms with van der Waals surface area (Å²) in [5.74, 6) is -0.660. The fourth-order valence-corrected chi connectivity index (χ4v) is 1.62. The number of hydrogen-bond donors (Lipinski definition) is 1. The van der Waals surface area contributed by atoms with Crippen LogP contribution >= 0.6 is 0 Å². The quantitative estimate of drug-likeness (QED) is 0.471. The van der Waals surface area contributed by atoms with Crippen molar-refractivity contribution in [2.45, 2.75) is 11.5 Å². The number of aliphatic hydroxyl groups is 1. The molecule has 0 radical (unpaired) electrons. The Morgan fingerprint density at radius 2 is 1.83 bits per heavy atom. The van der Waals surface area contributed by atoms with Gasteiger partial charge in [0.25, 0.3) is 0 Å². The van der Waals surface area contributed by atoms with Gasteiger partial charge in [0.05, 0.1) is 11.5 Å². The summed E-state index contributed by atoms with van der Waals surface area (Å²) in [7, 11) is -3.41. The number of halogens is 1. The van der Waals surface area contributed by atoms with Gasteiger partial charge < -0.3 is 9.66 Å². The van der Waals surface area contributed by atoms with Crippen molar-refractivity contribution in [1.82, 2.24) is 0 Å². The molecule has 0 heterocycles. The summed E-state index contributed by atoms with van der Waals surface area (Å²) in [5, 5.41) is 8.69. The fraction of sp³-hybridized carbons (Fsp3) is 0.333. The summed E-state index contributed by atoms with van der Waals surface area (Å²) < 4.78 is 52.8. The molecule has 0 bridgehead atoms. The smallest absolute Gasteiger partial charge is 0.773 e. The van der Waals surface area contributed by atoms with Crippen LogP contribution in [0.4, 0.5) is 4.39 Å². The van der Waals surface area contributed by atoms with Gasteiger partial charge in [0.1, 0.15) is 5.82 Å². The van der Waals surface area contributed by atoms with Gasteiger partial charge in [0, 0.05) is 6.26 Å². The third-order valence-corrected chi connectivity index (χ3v) is 2.63. The molecule has 1 aromatic carbocycles. The zero-order chi connectivity index (χ0) is 13.6. The maximum Gasteiger partial charge on any atom is 1.00 e. The zero-order valence-corrected chi connectivity index (χ0v) is 13.8. The number of benzene rings is 1. The van der Waals surface area contributed by atoms with E-state index in [1.807, 2.05) is 0 Å². The van der Waals surface area contributed by atoms with Crippen LogP contribution in [0.5, 0.6) is 0 Å². The van der Waals surface area contributed by atoms with Crippen LogP contribution in [0.25, 0.3) is 0 Å². The molecule has 1 N–H and O–H groups in total. The summed E-state index contributed by atoms with van der Waals surface area (Å²) in [6.45, 7) is -0.375. The second-order valence-electron chi connectivity index (χ2n) is 3.13. The van der Waals surface area contributed by atoms with Crippen LogP contribution in [0, 0.1) is 5.82 Å². The van der Waals surface area contributed by atoms with Crippen LogP contribution in [-0.4, -0.2) is 34.8 Å². The Labute approximate surface area is 130 Å². The van der Waals surface area contributed by atoms with E-state index < -0.39 is 26.7 Å². The maximum absolute atomic E-state index is 12.8. The number of aliphatic hydroxyl groups excluding tert-OH is 1. The average molecular weight is 306 g/mol. The molecule has 0 fully saturated rings. The number of sulfone groups is 1. The Kier molecular flexibility index (Phi) is 10.4.